The van der Waals surface area contributed by atoms with Crippen LogP contribution in [-0.2, 0) is 9.59 Å². The van der Waals surface area contributed by atoms with Crippen LogP contribution in [0.5, 0.6) is 0 Å². The third-order valence-electron chi connectivity index (χ3n) is 2.61. The Hall–Kier alpha value is -0.920. The van der Waals surface area contributed by atoms with Crippen molar-refractivity contribution in [1.29, 1.82) is 0 Å². The van der Waals surface area contributed by atoms with E-state index in [9.17, 15) is 22.8 Å². The Morgan fingerprint density at radius 2 is 2.06 bits per heavy atom. The third-order valence-corrected chi connectivity index (χ3v) is 3.60. The van der Waals surface area contributed by atoms with Gasteiger partial charge in [0.05, 0.1) is 17.4 Å². The average Bonchev–Trinajstić information content (AvgIpc) is 2.27. The molecular weight excluding hydrogens is 271 g/mol. The number of hydrogen-bond acceptors (Lipinski definition) is 3. The van der Waals surface area contributed by atoms with E-state index < -0.39 is 29.7 Å². The maximum absolute atomic E-state index is 11.9. The lowest BCUT2D eigenvalue weighted by Crippen LogP contribution is -2.43. The van der Waals surface area contributed by atoms with Crippen LogP contribution in [0.4, 0.5) is 13.2 Å². The second-order valence-electron chi connectivity index (χ2n) is 4.13. The molecular formula is C10H14F3NO3S. The summed E-state index contributed by atoms with van der Waals surface area (Å²) in [6.45, 7) is 0.524. The summed E-state index contributed by atoms with van der Waals surface area (Å²) in [7, 11) is 0. The molecule has 1 unspecified atom stereocenters. The molecule has 0 radical (unpaired) electrons. The molecule has 1 atom stereocenters. The second kappa shape index (κ2) is 6.31. The van der Waals surface area contributed by atoms with Crippen molar-refractivity contribution in [2.75, 3.05) is 24.6 Å². The highest BCUT2D eigenvalue weighted by molar-refractivity contribution is 8.00. The van der Waals surface area contributed by atoms with Gasteiger partial charge < -0.3 is 10.0 Å². The van der Waals surface area contributed by atoms with E-state index in [4.69, 9.17) is 5.11 Å². The van der Waals surface area contributed by atoms with Gasteiger partial charge in [0.2, 0.25) is 5.91 Å². The fourth-order valence-corrected chi connectivity index (χ4v) is 2.44. The number of alkyl halides is 3. The number of hydrogen-bond donors (Lipinski definition) is 1. The van der Waals surface area contributed by atoms with Crippen LogP contribution in [0.1, 0.15) is 12.8 Å². The number of piperidine rings is 1. The normalized spacial score (nSPS) is 20.8. The van der Waals surface area contributed by atoms with Gasteiger partial charge in [0.15, 0.2) is 0 Å². The van der Waals surface area contributed by atoms with E-state index in [1.54, 1.807) is 0 Å². The topological polar surface area (TPSA) is 57.6 Å². The van der Waals surface area contributed by atoms with Gasteiger partial charge >= 0.3 is 12.1 Å². The molecule has 0 spiro atoms. The highest BCUT2D eigenvalue weighted by Crippen LogP contribution is 2.22. The van der Waals surface area contributed by atoms with Crippen molar-refractivity contribution >= 4 is 23.6 Å². The third kappa shape index (κ3) is 5.16. The van der Waals surface area contributed by atoms with Crippen LogP contribution in [0, 0.1) is 5.92 Å². The highest BCUT2D eigenvalue weighted by Gasteiger charge is 2.30. The van der Waals surface area contributed by atoms with Crippen LogP contribution in [0.2, 0.25) is 0 Å². The molecule has 1 saturated heterocycles. The highest BCUT2D eigenvalue weighted by atomic mass is 32.2. The zero-order chi connectivity index (χ0) is 13.8. The number of halogens is 3. The number of rotatable bonds is 4. The van der Waals surface area contributed by atoms with Crippen LogP contribution in [0.15, 0.2) is 0 Å². The Morgan fingerprint density at radius 1 is 1.39 bits per heavy atom. The van der Waals surface area contributed by atoms with E-state index in [0.29, 0.717) is 31.1 Å². The fraction of sp³-hybridized carbons (Fsp3) is 0.800. The molecule has 0 aromatic rings. The number of aliphatic carboxylic acids is 1. The lowest BCUT2D eigenvalue weighted by atomic mass is 9.98. The van der Waals surface area contributed by atoms with E-state index >= 15 is 0 Å². The predicted molar refractivity (Wildman–Crippen MR) is 60.3 cm³/mol. The summed E-state index contributed by atoms with van der Waals surface area (Å²) in [6, 6.07) is 0. The van der Waals surface area contributed by atoms with E-state index in [1.807, 2.05) is 0 Å². The molecule has 8 heteroatoms. The SMILES string of the molecule is O=C(O)C1CCCN(C(=O)CSCC(F)(F)F)C1. The molecule has 1 amide bonds. The monoisotopic (exact) mass is 285 g/mol. The average molecular weight is 285 g/mol. The first-order valence-electron chi connectivity index (χ1n) is 5.44. The van der Waals surface area contributed by atoms with Gasteiger partial charge in [0, 0.05) is 13.1 Å². The Kier molecular flexibility index (Phi) is 5.30. The molecule has 1 heterocycles. The first-order chi connectivity index (χ1) is 8.29. The summed E-state index contributed by atoms with van der Waals surface area (Å²) in [5.41, 5.74) is 0. The number of amides is 1. The lowest BCUT2D eigenvalue weighted by Gasteiger charge is -2.30. The Bertz CT molecular complexity index is 322. The molecule has 4 nitrogen and oxygen atoms in total. The van der Waals surface area contributed by atoms with Crippen molar-refractivity contribution < 1.29 is 27.9 Å². The number of nitrogens with zero attached hydrogens (tertiary/aromatic N) is 1. The minimum Gasteiger partial charge on any atom is -0.481 e. The summed E-state index contributed by atoms with van der Waals surface area (Å²) < 4.78 is 35.7. The molecule has 0 aromatic carbocycles. The molecule has 104 valence electrons. The molecule has 1 fully saturated rings. The number of thioether (sulfide) groups is 1. The fourth-order valence-electron chi connectivity index (χ4n) is 1.75. The van der Waals surface area contributed by atoms with Crippen molar-refractivity contribution in [3.05, 3.63) is 0 Å². The summed E-state index contributed by atoms with van der Waals surface area (Å²) in [4.78, 5) is 23.7. The van der Waals surface area contributed by atoms with Crippen molar-refractivity contribution in [2.45, 2.75) is 19.0 Å². The van der Waals surface area contributed by atoms with E-state index in [2.05, 4.69) is 0 Å². The zero-order valence-corrected chi connectivity index (χ0v) is 10.4. The van der Waals surface area contributed by atoms with Gasteiger partial charge in [-0.15, -0.1) is 11.8 Å². The second-order valence-corrected chi connectivity index (χ2v) is 5.11. The Morgan fingerprint density at radius 3 is 2.61 bits per heavy atom. The first kappa shape index (κ1) is 15.1. The van der Waals surface area contributed by atoms with E-state index in [1.165, 1.54) is 4.90 Å². The number of carbonyl (C=O) groups is 2. The summed E-state index contributed by atoms with van der Waals surface area (Å²) >= 11 is 0.508. The van der Waals surface area contributed by atoms with Gasteiger partial charge in [-0.25, -0.2) is 0 Å². The summed E-state index contributed by atoms with van der Waals surface area (Å²) in [5, 5.41) is 8.83. The van der Waals surface area contributed by atoms with Crippen molar-refractivity contribution in [1.82, 2.24) is 4.90 Å². The van der Waals surface area contributed by atoms with Gasteiger partial charge in [-0.3, -0.25) is 9.59 Å². The zero-order valence-electron chi connectivity index (χ0n) is 9.57. The van der Waals surface area contributed by atoms with Crippen molar-refractivity contribution in [2.24, 2.45) is 5.92 Å². The number of carboxylic acids is 1. The van der Waals surface area contributed by atoms with Crippen molar-refractivity contribution in [3.8, 4) is 0 Å². The maximum Gasteiger partial charge on any atom is 0.397 e. The number of carbonyl (C=O) groups excluding carboxylic acids is 1. The number of carboxylic acid groups (broad SMARTS) is 1. The van der Waals surface area contributed by atoms with Gasteiger partial charge in [0.1, 0.15) is 0 Å². The molecule has 1 aliphatic heterocycles. The molecule has 1 rings (SSSR count). The molecule has 1 N–H and O–H groups in total. The molecule has 0 aliphatic carbocycles. The molecule has 0 aromatic heterocycles. The minimum absolute atomic E-state index is 0.0980. The first-order valence-corrected chi connectivity index (χ1v) is 6.60. The smallest absolute Gasteiger partial charge is 0.397 e. The van der Waals surface area contributed by atoms with Crippen LogP contribution in [-0.4, -0.2) is 52.7 Å². The standard InChI is InChI=1S/C10H14F3NO3S/c11-10(12,13)6-18-5-8(15)14-3-1-2-7(4-14)9(16)17/h7H,1-6H2,(H,16,17). The van der Waals surface area contributed by atoms with Crippen molar-refractivity contribution in [3.63, 3.8) is 0 Å². The van der Waals surface area contributed by atoms with Crippen LogP contribution >= 0.6 is 11.8 Å². The summed E-state index contributed by atoms with van der Waals surface area (Å²) in [5.74, 6) is -3.30. The van der Waals surface area contributed by atoms with Gasteiger partial charge in [-0.05, 0) is 12.8 Å². The maximum atomic E-state index is 11.9. The molecule has 0 saturated carbocycles. The van der Waals surface area contributed by atoms with Crippen LogP contribution in [0.3, 0.4) is 0 Å². The summed E-state index contributed by atoms with van der Waals surface area (Å²) in [6.07, 6.45) is -3.20. The van der Waals surface area contributed by atoms with Crippen LogP contribution < -0.4 is 0 Å². The number of likely N-dealkylation sites (tertiary alicyclic amines) is 1. The van der Waals surface area contributed by atoms with E-state index in [0.717, 1.165) is 0 Å². The molecule has 1 aliphatic rings. The largest absolute Gasteiger partial charge is 0.481 e. The lowest BCUT2D eigenvalue weighted by molar-refractivity contribution is -0.145. The van der Waals surface area contributed by atoms with Gasteiger partial charge in [-0.1, -0.05) is 0 Å². The molecule has 18 heavy (non-hydrogen) atoms. The van der Waals surface area contributed by atoms with Gasteiger partial charge in [0.25, 0.3) is 0 Å². The van der Waals surface area contributed by atoms with Gasteiger partial charge in [-0.2, -0.15) is 13.2 Å². The minimum atomic E-state index is -4.28. The molecule has 0 bridgehead atoms. The quantitative estimate of drug-likeness (QED) is 0.852. The predicted octanol–water partition coefficient (Wildman–Crippen LogP) is 1.61. The van der Waals surface area contributed by atoms with Crippen LogP contribution in [0.25, 0.3) is 0 Å². The van der Waals surface area contributed by atoms with E-state index in [-0.39, 0.29) is 12.3 Å². The Balaban J connectivity index is 2.35. The Labute approximate surface area is 107 Å².